The predicted molar refractivity (Wildman–Crippen MR) is 74.5 cm³/mol. The number of hydrogen-bond acceptors (Lipinski definition) is 2. The molecule has 1 unspecified atom stereocenters. The Bertz CT molecular complexity index is 261. The van der Waals surface area contributed by atoms with E-state index in [0.717, 1.165) is 25.4 Å². The smallest absolute Gasteiger partial charge is 0.222 e. The van der Waals surface area contributed by atoms with Crippen LogP contribution in [0.25, 0.3) is 0 Å². The van der Waals surface area contributed by atoms with Crippen LogP contribution in [0.5, 0.6) is 0 Å². The molecule has 2 fully saturated rings. The van der Waals surface area contributed by atoms with Crippen molar-refractivity contribution in [2.24, 2.45) is 5.92 Å². The van der Waals surface area contributed by atoms with E-state index in [1.165, 1.54) is 45.1 Å². The maximum Gasteiger partial charge on any atom is 0.222 e. The zero-order valence-electron chi connectivity index (χ0n) is 11.8. The fourth-order valence-electron chi connectivity index (χ4n) is 3.32. The molecule has 1 amide bonds. The van der Waals surface area contributed by atoms with Gasteiger partial charge in [0.05, 0.1) is 0 Å². The van der Waals surface area contributed by atoms with Crippen LogP contribution in [0, 0.1) is 5.92 Å². The lowest BCUT2D eigenvalue weighted by atomic mass is 9.89. The summed E-state index contributed by atoms with van der Waals surface area (Å²) in [6, 6.07) is 0.538. The second-order valence-corrected chi connectivity index (χ2v) is 5.94. The van der Waals surface area contributed by atoms with E-state index >= 15 is 0 Å². The maximum atomic E-state index is 11.7. The first-order chi connectivity index (χ1) is 8.79. The molecule has 18 heavy (non-hydrogen) atoms. The summed E-state index contributed by atoms with van der Waals surface area (Å²) in [5.41, 5.74) is 0. The Labute approximate surface area is 111 Å². The molecule has 0 radical (unpaired) electrons. The van der Waals surface area contributed by atoms with Gasteiger partial charge in [-0.3, -0.25) is 4.79 Å². The van der Waals surface area contributed by atoms with Crippen LogP contribution < -0.4 is 5.32 Å². The topological polar surface area (TPSA) is 32.3 Å². The fourth-order valence-corrected chi connectivity index (χ4v) is 3.32. The third-order valence-electron chi connectivity index (χ3n) is 4.50. The third kappa shape index (κ3) is 3.98. The minimum atomic E-state index is 0.319. The maximum absolute atomic E-state index is 11.7. The normalized spacial score (nSPS) is 26.3. The molecule has 0 aromatic rings. The van der Waals surface area contributed by atoms with Crippen LogP contribution in [0.3, 0.4) is 0 Å². The third-order valence-corrected chi connectivity index (χ3v) is 4.50. The van der Waals surface area contributed by atoms with E-state index in [4.69, 9.17) is 0 Å². The van der Waals surface area contributed by atoms with Crippen molar-refractivity contribution in [1.82, 2.24) is 10.2 Å². The number of rotatable bonds is 4. The van der Waals surface area contributed by atoms with Crippen molar-refractivity contribution < 1.29 is 4.79 Å². The van der Waals surface area contributed by atoms with Crippen LogP contribution in [0.4, 0.5) is 0 Å². The molecule has 1 aliphatic carbocycles. The van der Waals surface area contributed by atoms with Crippen molar-refractivity contribution >= 4 is 5.91 Å². The molecule has 1 aliphatic heterocycles. The van der Waals surface area contributed by atoms with E-state index < -0.39 is 0 Å². The Hall–Kier alpha value is -0.570. The zero-order valence-corrected chi connectivity index (χ0v) is 11.8. The molecular formula is C15H28N2O. The van der Waals surface area contributed by atoms with Gasteiger partial charge in [-0.25, -0.2) is 0 Å². The molecule has 3 heteroatoms. The van der Waals surface area contributed by atoms with Gasteiger partial charge >= 0.3 is 0 Å². The number of nitrogens with one attached hydrogen (secondary N) is 1. The van der Waals surface area contributed by atoms with Gasteiger partial charge < -0.3 is 10.2 Å². The van der Waals surface area contributed by atoms with Gasteiger partial charge in [-0.2, -0.15) is 0 Å². The van der Waals surface area contributed by atoms with Crippen molar-refractivity contribution in [2.75, 3.05) is 19.6 Å². The first kappa shape index (κ1) is 13.9. The van der Waals surface area contributed by atoms with E-state index in [0.29, 0.717) is 18.4 Å². The van der Waals surface area contributed by atoms with Gasteiger partial charge in [0.1, 0.15) is 0 Å². The summed E-state index contributed by atoms with van der Waals surface area (Å²) in [7, 11) is 0. The molecule has 0 aromatic heterocycles. The molecule has 0 aromatic carbocycles. The van der Waals surface area contributed by atoms with Crippen LogP contribution in [0.15, 0.2) is 0 Å². The number of carbonyl (C=O) groups excluding carboxylic acids is 1. The Balaban J connectivity index is 1.70. The Morgan fingerprint density at radius 3 is 2.67 bits per heavy atom. The van der Waals surface area contributed by atoms with Gasteiger partial charge in [0, 0.05) is 25.6 Å². The fraction of sp³-hybridized carbons (Fsp3) is 0.933. The van der Waals surface area contributed by atoms with E-state index in [-0.39, 0.29) is 0 Å². The number of piperidine rings is 1. The minimum Gasteiger partial charge on any atom is -0.341 e. The Kier molecular flexibility index (Phi) is 5.48. The average molecular weight is 252 g/mol. The van der Waals surface area contributed by atoms with E-state index in [2.05, 4.69) is 5.32 Å². The molecule has 1 saturated heterocycles. The molecule has 3 nitrogen and oxygen atoms in total. The molecule has 0 bridgehead atoms. The first-order valence-corrected chi connectivity index (χ1v) is 7.80. The van der Waals surface area contributed by atoms with Crippen LogP contribution in [-0.4, -0.2) is 36.5 Å². The summed E-state index contributed by atoms with van der Waals surface area (Å²) in [6.45, 7) is 5.02. The van der Waals surface area contributed by atoms with Crippen molar-refractivity contribution in [3.63, 3.8) is 0 Å². The van der Waals surface area contributed by atoms with Gasteiger partial charge in [0.15, 0.2) is 0 Å². The lowest BCUT2D eigenvalue weighted by Crippen LogP contribution is -2.48. The molecule has 104 valence electrons. The van der Waals surface area contributed by atoms with E-state index in [9.17, 15) is 4.79 Å². The molecule has 0 spiro atoms. The summed E-state index contributed by atoms with van der Waals surface area (Å²) in [4.78, 5) is 13.8. The second-order valence-electron chi connectivity index (χ2n) is 5.94. The first-order valence-electron chi connectivity index (χ1n) is 7.80. The van der Waals surface area contributed by atoms with Crippen molar-refractivity contribution in [3.05, 3.63) is 0 Å². The summed E-state index contributed by atoms with van der Waals surface area (Å²) in [6.07, 6.45) is 10.1. The number of amides is 1. The average Bonchev–Trinajstić information content (AvgIpc) is 2.45. The van der Waals surface area contributed by atoms with Crippen LogP contribution in [-0.2, 0) is 4.79 Å². The van der Waals surface area contributed by atoms with E-state index in [1.807, 2.05) is 11.8 Å². The highest BCUT2D eigenvalue weighted by Gasteiger charge is 2.23. The quantitative estimate of drug-likeness (QED) is 0.834. The van der Waals surface area contributed by atoms with E-state index in [1.54, 1.807) is 0 Å². The monoisotopic (exact) mass is 252 g/mol. The number of nitrogens with zero attached hydrogens (tertiary/aromatic N) is 1. The van der Waals surface area contributed by atoms with Crippen molar-refractivity contribution in [3.8, 4) is 0 Å². The van der Waals surface area contributed by atoms with Crippen LogP contribution >= 0.6 is 0 Å². The molecule has 1 N–H and O–H groups in total. The zero-order chi connectivity index (χ0) is 12.8. The largest absolute Gasteiger partial charge is 0.341 e. The Morgan fingerprint density at radius 2 is 1.94 bits per heavy atom. The summed E-state index contributed by atoms with van der Waals surface area (Å²) in [5.74, 6) is 1.20. The van der Waals surface area contributed by atoms with Crippen molar-refractivity contribution in [2.45, 2.75) is 64.3 Å². The Morgan fingerprint density at radius 1 is 1.17 bits per heavy atom. The van der Waals surface area contributed by atoms with Gasteiger partial charge in [-0.05, 0) is 38.1 Å². The minimum absolute atomic E-state index is 0.319. The highest BCUT2D eigenvalue weighted by atomic mass is 16.2. The summed E-state index contributed by atoms with van der Waals surface area (Å²) < 4.78 is 0. The SMILES string of the molecule is CCC(=O)N1CCCC(NCC2CCCCC2)C1. The number of likely N-dealkylation sites (tertiary alicyclic amines) is 1. The molecule has 1 atom stereocenters. The van der Waals surface area contributed by atoms with Gasteiger partial charge in [0.2, 0.25) is 5.91 Å². The molecule has 1 saturated carbocycles. The van der Waals surface area contributed by atoms with Crippen LogP contribution in [0.2, 0.25) is 0 Å². The van der Waals surface area contributed by atoms with Crippen molar-refractivity contribution in [1.29, 1.82) is 0 Å². The second kappa shape index (κ2) is 7.13. The van der Waals surface area contributed by atoms with Gasteiger partial charge in [0.25, 0.3) is 0 Å². The lowest BCUT2D eigenvalue weighted by Gasteiger charge is -2.34. The van der Waals surface area contributed by atoms with Gasteiger partial charge in [-0.15, -0.1) is 0 Å². The van der Waals surface area contributed by atoms with Gasteiger partial charge in [-0.1, -0.05) is 26.2 Å². The molecule has 2 rings (SSSR count). The molecule has 1 heterocycles. The summed E-state index contributed by atoms with van der Waals surface area (Å²) in [5, 5.41) is 3.71. The van der Waals surface area contributed by atoms with Crippen LogP contribution in [0.1, 0.15) is 58.3 Å². The molecular weight excluding hydrogens is 224 g/mol. The number of carbonyl (C=O) groups is 1. The highest BCUT2D eigenvalue weighted by molar-refractivity contribution is 5.75. The lowest BCUT2D eigenvalue weighted by molar-refractivity contribution is -0.132. The molecule has 2 aliphatic rings. The predicted octanol–water partition coefficient (Wildman–Crippen LogP) is 2.56. The standard InChI is InChI=1S/C15H28N2O/c1-2-15(18)17-10-6-9-14(12-17)16-11-13-7-4-3-5-8-13/h13-14,16H,2-12H2,1H3. The highest BCUT2D eigenvalue weighted by Crippen LogP contribution is 2.23. The summed E-state index contributed by atoms with van der Waals surface area (Å²) >= 11 is 0. The number of hydrogen-bond donors (Lipinski definition) is 1.